The molecule has 5 nitrogen and oxygen atoms in total. The minimum Gasteiger partial charge on any atom is -0.321 e. The zero-order valence-corrected chi connectivity index (χ0v) is 11.0. The Morgan fingerprint density at radius 1 is 1.35 bits per heavy atom. The maximum Gasteiger partial charge on any atom is 0.278 e. The van der Waals surface area contributed by atoms with Crippen molar-refractivity contribution in [3.8, 4) is 0 Å². The Kier molecular flexibility index (Phi) is 3.23. The number of carbonyl (C=O) groups excluding carboxylic acids is 1. The van der Waals surface area contributed by atoms with Gasteiger partial charge in [-0.25, -0.2) is 0 Å². The van der Waals surface area contributed by atoms with Gasteiger partial charge in [-0.15, -0.1) is 0 Å². The van der Waals surface area contributed by atoms with Crippen LogP contribution in [0.15, 0.2) is 22.7 Å². The maximum absolute atomic E-state index is 11.8. The van der Waals surface area contributed by atoms with E-state index in [1.54, 1.807) is 6.92 Å². The molecule has 1 aromatic carbocycles. The van der Waals surface area contributed by atoms with Crippen molar-refractivity contribution in [2.75, 3.05) is 5.32 Å². The highest BCUT2D eigenvalue weighted by atomic mass is 79.9. The number of halogens is 1. The number of nitrogens with one attached hydrogen (secondary N) is 2. The summed E-state index contributed by atoms with van der Waals surface area (Å²) in [6, 6.07) is 5.60. The molecule has 0 aliphatic heterocycles. The Hall–Kier alpha value is -1.69. The lowest BCUT2D eigenvalue weighted by atomic mass is 10.2. The first-order valence-corrected chi connectivity index (χ1v) is 5.82. The minimum atomic E-state index is -0.266. The van der Waals surface area contributed by atoms with E-state index in [0.717, 1.165) is 15.7 Å². The summed E-state index contributed by atoms with van der Waals surface area (Å²) in [5.74, 6) is -0.266. The van der Waals surface area contributed by atoms with Gasteiger partial charge in [-0.3, -0.25) is 4.79 Å². The second-order valence-corrected chi connectivity index (χ2v) is 4.53. The van der Waals surface area contributed by atoms with Crippen LogP contribution in [0.3, 0.4) is 0 Å². The quantitative estimate of drug-likeness (QED) is 0.894. The molecule has 0 bridgehead atoms. The van der Waals surface area contributed by atoms with Gasteiger partial charge >= 0.3 is 0 Å². The third-order valence-corrected chi connectivity index (χ3v) is 3.24. The molecule has 0 spiro atoms. The van der Waals surface area contributed by atoms with Gasteiger partial charge in [-0.1, -0.05) is 15.9 Å². The number of aryl methyl sites for hydroxylation is 2. The fourth-order valence-corrected chi connectivity index (χ4v) is 1.66. The molecule has 88 valence electrons. The molecule has 0 fully saturated rings. The number of aromatic nitrogens is 3. The first-order chi connectivity index (χ1) is 8.08. The molecule has 0 aliphatic rings. The SMILES string of the molecule is Cc1cc(NC(=O)c2n[nH]nc2C)ccc1Br. The lowest BCUT2D eigenvalue weighted by Crippen LogP contribution is -2.13. The van der Waals surface area contributed by atoms with Crippen LogP contribution in [0.4, 0.5) is 5.69 Å². The Bertz CT molecular complexity index is 564. The van der Waals surface area contributed by atoms with Crippen molar-refractivity contribution in [3.63, 3.8) is 0 Å². The van der Waals surface area contributed by atoms with Crippen molar-refractivity contribution >= 4 is 27.5 Å². The summed E-state index contributed by atoms with van der Waals surface area (Å²) < 4.78 is 1.01. The number of nitrogens with zero attached hydrogens (tertiary/aromatic N) is 2. The van der Waals surface area contributed by atoms with Crippen LogP contribution in [0, 0.1) is 13.8 Å². The molecule has 0 saturated heterocycles. The number of H-pyrrole nitrogens is 1. The maximum atomic E-state index is 11.8. The molecular weight excluding hydrogens is 284 g/mol. The van der Waals surface area contributed by atoms with Gasteiger partial charge in [-0.05, 0) is 37.6 Å². The molecule has 1 amide bonds. The van der Waals surface area contributed by atoms with E-state index in [0.29, 0.717) is 11.4 Å². The predicted molar refractivity (Wildman–Crippen MR) is 68.0 cm³/mol. The predicted octanol–water partition coefficient (Wildman–Crippen LogP) is 2.44. The van der Waals surface area contributed by atoms with Crippen LogP contribution in [0.5, 0.6) is 0 Å². The van der Waals surface area contributed by atoms with Crippen molar-refractivity contribution in [3.05, 3.63) is 39.6 Å². The number of aromatic amines is 1. The standard InChI is InChI=1S/C11H11BrN4O/c1-6-5-8(3-4-9(6)12)13-11(17)10-7(2)14-16-15-10/h3-5H,1-2H3,(H,13,17)(H,14,15,16). The van der Waals surface area contributed by atoms with Gasteiger partial charge in [0.25, 0.3) is 5.91 Å². The zero-order valence-electron chi connectivity index (χ0n) is 9.41. The van der Waals surface area contributed by atoms with Crippen molar-refractivity contribution in [1.29, 1.82) is 0 Å². The van der Waals surface area contributed by atoms with Crippen LogP contribution in [-0.2, 0) is 0 Å². The Morgan fingerprint density at radius 2 is 2.12 bits per heavy atom. The second kappa shape index (κ2) is 4.67. The van der Waals surface area contributed by atoms with Gasteiger partial charge in [0.1, 0.15) is 0 Å². The smallest absolute Gasteiger partial charge is 0.278 e. The number of benzene rings is 1. The van der Waals surface area contributed by atoms with E-state index in [4.69, 9.17) is 0 Å². The van der Waals surface area contributed by atoms with Crippen molar-refractivity contribution in [2.24, 2.45) is 0 Å². The van der Waals surface area contributed by atoms with Gasteiger partial charge in [0.2, 0.25) is 0 Å². The van der Waals surface area contributed by atoms with Gasteiger partial charge in [0.15, 0.2) is 5.69 Å². The third-order valence-electron chi connectivity index (χ3n) is 2.35. The highest BCUT2D eigenvalue weighted by molar-refractivity contribution is 9.10. The number of anilines is 1. The zero-order chi connectivity index (χ0) is 12.4. The summed E-state index contributed by atoms with van der Waals surface area (Å²) in [5.41, 5.74) is 2.68. The summed E-state index contributed by atoms with van der Waals surface area (Å²) >= 11 is 3.41. The number of hydrogen-bond acceptors (Lipinski definition) is 3. The fraction of sp³-hybridized carbons (Fsp3) is 0.182. The lowest BCUT2D eigenvalue weighted by molar-refractivity contribution is 0.102. The second-order valence-electron chi connectivity index (χ2n) is 3.68. The molecular formula is C11H11BrN4O. The lowest BCUT2D eigenvalue weighted by Gasteiger charge is -2.05. The van der Waals surface area contributed by atoms with Crippen LogP contribution < -0.4 is 5.32 Å². The van der Waals surface area contributed by atoms with Crippen LogP contribution in [0.1, 0.15) is 21.7 Å². The van der Waals surface area contributed by atoms with Crippen LogP contribution in [0.25, 0.3) is 0 Å². The molecule has 2 N–H and O–H groups in total. The molecule has 0 aliphatic carbocycles. The Balaban J connectivity index is 2.19. The van der Waals surface area contributed by atoms with Crippen LogP contribution >= 0.6 is 15.9 Å². The highest BCUT2D eigenvalue weighted by Gasteiger charge is 2.13. The molecule has 17 heavy (non-hydrogen) atoms. The van der Waals surface area contributed by atoms with E-state index in [2.05, 4.69) is 36.7 Å². The van der Waals surface area contributed by atoms with E-state index in [1.165, 1.54) is 0 Å². The molecule has 2 aromatic rings. The first kappa shape index (κ1) is 11.8. The van der Waals surface area contributed by atoms with E-state index in [9.17, 15) is 4.79 Å². The van der Waals surface area contributed by atoms with Crippen LogP contribution in [0.2, 0.25) is 0 Å². The largest absolute Gasteiger partial charge is 0.321 e. The van der Waals surface area contributed by atoms with E-state index in [-0.39, 0.29) is 5.91 Å². The van der Waals surface area contributed by atoms with Gasteiger partial charge in [0.05, 0.1) is 5.69 Å². The molecule has 6 heteroatoms. The average Bonchev–Trinajstić information content (AvgIpc) is 2.70. The molecule has 0 unspecified atom stereocenters. The highest BCUT2D eigenvalue weighted by Crippen LogP contribution is 2.20. The summed E-state index contributed by atoms with van der Waals surface area (Å²) in [5, 5.41) is 12.8. The summed E-state index contributed by atoms with van der Waals surface area (Å²) in [6.45, 7) is 3.69. The Labute approximate surface area is 107 Å². The number of carbonyl (C=O) groups is 1. The van der Waals surface area contributed by atoms with Gasteiger partial charge < -0.3 is 5.32 Å². The molecule has 2 rings (SSSR count). The number of rotatable bonds is 2. The number of hydrogen-bond donors (Lipinski definition) is 2. The molecule has 0 atom stereocenters. The summed E-state index contributed by atoms with van der Waals surface area (Å²) in [4.78, 5) is 11.8. The molecule has 1 aromatic heterocycles. The van der Waals surface area contributed by atoms with Crippen LogP contribution in [-0.4, -0.2) is 21.3 Å². The van der Waals surface area contributed by atoms with Crippen molar-refractivity contribution in [2.45, 2.75) is 13.8 Å². The topological polar surface area (TPSA) is 70.7 Å². The average molecular weight is 295 g/mol. The molecule has 0 radical (unpaired) electrons. The molecule has 0 saturated carbocycles. The third kappa shape index (κ3) is 2.52. The minimum absolute atomic E-state index is 0.266. The normalized spacial score (nSPS) is 10.3. The van der Waals surface area contributed by atoms with E-state index >= 15 is 0 Å². The molecule has 1 heterocycles. The van der Waals surface area contributed by atoms with Gasteiger partial charge in [0, 0.05) is 10.2 Å². The first-order valence-electron chi connectivity index (χ1n) is 5.03. The van der Waals surface area contributed by atoms with E-state index in [1.807, 2.05) is 25.1 Å². The number of amides is 1. The van der Waals surface area contributed by atoms with Gasteiger partial charge in [-0.2, -0.15) is 15.4 Å². The van der Waals surface area contributed by atoms with Crippen molar-refractivity contribution in [1.82, 2.24) is 15.4 Å². The monoisotopic (exact) mass is 294 g/mol. The fourth-order valence-electron chi connectivity index (χ4n) is 1.41. The summed E-state index contributed by atoms with van der Waals surface area (Å²) in [6.07, 6.45) is 0. The van der Waals surface area contributed by atoms with Crippen molar-refractivity contribution < 1.29 is 4.79 Å². The van der Waals surface area contributed by atoms with E-state index < -0.39 is 0 Å². The Morgan fingerprint density at radius 3 is 2.71 bits per heavy atom. The summed E-state index contributed by atoms with van der Waals surface area (Å²) in [7, 11) is 0.